The number of amides is 1. The van der Waals surface area contributed by atoms with Crippen LogP contribution in [0.15, 0.2) is 42.6 Å². The van der Waals surface area contributed by atoms with E-state index in [1.165, 1.54) is 12.8 Å². The topological polar surface area (TPSA) is 51.0 Å². The van der Waals surface area contributed by atoms with Gasteiger partial charge in [-0.15, -0.1) is 0 Å². The fourth-order valence-electron chi connectivity index (χ4n) is 4.25. The minimum absolute atomic E-state index is 0.0741. The summed E-state index contributed by atoms with van der Waals surface area (Å²) in [6, 6.07) is 12.2. The molecule has 0 bridgehead atoms. The van der Waals surface area contributed by atoms with Gasteiger partial charge in [-0.3, -0.25) is 4.79 Å². The number of imidazole rings is 1. The van der Waals surface area contributed by atoms with E-state index in [9.17, 15) is 4.79 Å². The number of fused-ring (bicyclic) bond motifs is 1. The van der Waals surface area contributed by atoms with Gasteiger partial charge in [0, 0.05) is 27.9 Å². The van der Waals surface area contributed by atoms with Crippen molar-refractivity contribution in [2.75, 3.05) is 6.54 Å². The summed E-state index contributed by atoms with van der Waals surface area (Å²) in [5.74, 6) is 1.57. The molecule has 1 aromatic carbocycles. The number of benzene rings is 1. The second-order valence-corrected chi connectivity index (χ2v) is 9.84. The number of halogens is 1. The van der Waals surface area contributed by atoms with E-state index in [0.717, 1.165) is 51.9 Å². The van der Waals surface area contributed by atoms with Crippen LogP contribution in [0.25, 0.3) is 11.2 Å². The molecule has 6 heteroatoms. The molecule has 0 spiro atoms. The van der Waals surface area contributed by atoms with Crippen LogP contribution in [0.2, 0.25) is 0 Å². The molecule has 3 aromatic rings. The van der Waals surface area contributed by atoms with E-state index in [-0.39, 0.29) is 5.91 Å². The van der Waals surface area contributed by atoms with Crippen molar-refractivity contribution < 1.29 is 4.79 Å². The van der Waals surface area contributed by atoms with Crippen molar-refractivity contribution in [3.05, 3.63) is 57.6 Å². The number of aromatic nitrogens is 3. The predicted octanol–water partition coefficient (Wildman–Crippen LogP) is 5.84. The van der Waals surface area contributed by atoms with Crippen LogP contribution in [0, 0.1) is 9.49 Å². The first-order chi connectivity index (χ1) is 14.5. The van der Waals surface area contributed by atoms with Gasteiger partial charge in [-0.1, -0.05) is 26.7 Å². The van der Waals surface area contributed by atoms with Crippen LogP contribution in [0.5, 0.6) is 0 Å². The fourth-order valence-corrected chi connectivity index (χ4v) is 4.61. The van der Waals surface area contributed by atoms with Gasteiger partial charge in [0.15, 0.2) is 5.65 Å². The molecule has 1 aliphatic rings. The maximum absolute atomic E-state index is 13.4. The molecule has 0 N–H and O–H groups in total. The molecule has 2 heterocycles. The van der Waals surface area contributed by atoms with Gasteiger partial charge in [-0.2, -0.15) is 0 Å². The third-order valence-electron chi connectivity index (χ3n) is 5.90. The molecule has 2 aromatic heterocycles. The highest BCUT2D eigenvalue weighted by Crippen LogP contribution is 2.33. The highest BCUT2D eigenvalue weighted by Gasteiger charge is 2.26. The largest absolute Gasteiger partial charge is 0.331 e. The van der Waals surface area contributed by atoms with Crippen LogP contribution in [-0.2, 0) is 6.54 Å². The zero-order chi connectivity index (χ0) is 21.1. The minimum Gasteiger partial charge on any atom is -0.331 e. The van der Waals surface area contributed by atoms with E-state index in [2.05, 4.69) is 46.0 Å². The number of carbonyl (C=O) groups excluding carboxylic acids is 1. The van der Waals surface area contributed by atoms with Gasteiger partial charge in [0.25, 0.3) is 5.91 Å². The van der Waals surface area contributed by atoms with Gasteiger partial charge in [0.05, 0.1) is 6.54 Å². The summed E-state index contributed by atoms with van der Waals surface area (Å²) in [5, 5.41) is 0. The van der Waals surface area contributed by atoms with Crippen LogP contribution in [0.1, 0.15) is 68.2 Å². The average molecular weight is 516 g/mol. The molecular weight excluding hydrogens is 487 g/mol. The number of nitrogens with zero attached hydrogens (tertiary/aromatic N) is 4. The predicted molar refractivity (Wildman–Crippen MR) is 128 cm³/mol. The Balaban J connectivity index is 1.68. The monoisotopic (exact) mass is 516 g/mol. The molecule has 1 fully saturated rings. The summed E-state index contributed by atoms with van der Waals surface area (Å²) in [7, 11) is 0. The Bertz CT molecular complexity index is 1010. The Morgan fingerprint density at radius 2 is 1.93 bits per heavy atom. The first kappa shape index (κ1) is 21.3. The number of carbonyl (C=O) groups is 1. The van der Waals surface area contributed by atoms with Crippen molar-refractivity contribution in [1.29, 1.82) is 0 Å². The molecule has 1 amide bonds. The van der Waals surface area contributed by atoms with Crippen LogP contribution >= 0.6 is 22.6 Å². The lowest BCUT2D eigenvalue weighted by Gasteiger charge is -2.25. The molecule has 1 aliphatic carbocycles. The molecular formula is C24H29IN4O. The molecule has 0 radical (unpaired) electrons. The number of hydrogen-bond acceptors (Lipinski definition) is 3. The summed E-state index contributed by atoms with van der Waals surface area (Å²) in [5.41, 5.74) is 2.61. The zero-order valence-electron chi connectivity index (χ0n) is 17.7. The van der Waals surface area contributed by atoms with Gasteiger partial charge >= 0.3 is 0 Å². The smallest absolute Gasteiger partial charge is 0.254 e. The van der Waals surface area contributed by atoms with E-state index < -0.39 is 0 Å². The maximum Gasteiger partial charge on any atom is 0.254 e. The second kappa shape index (κ2) is 9.45. The van der Waals surface area contributed by atoms with Gasteiger partial charge in [-0.25, -0.2) is 9.97 Å². The standard InChI is InChI=1S/C24H29IN4O/c1-17(2)13-15-28(24(30)18-9-11-19(25)12-10-18)16-22-27-21-8-5-14-26-23(21)29(22)20-6-3-4-7-20/h5,8-12,14,17,20H,3-4,6-7,13,15-16H2,1-2H3. The van der Waals surface area contributed by atoms with Crippen molar-refractivity contribution >= 4 is 39.7 Å². The van der Waals surface area contributed by atoms with Crippen LogP contribution in [0.4, 0.5) is 0 Å². The Hall–Kier alpha value is -1.96. The van der Waals surface area contributed by atoms with E-state index in [1.54, 1.807) is 0 Å². The number of pyridine rings is 1. The van der Waals surface area contributed by atoms with Crippen LogP contribution in [-0.4, -0.2) is 31.9 Å². The molecule has 0 atom stereocenters. The normalized spacial score (nSPS) is 14.7. The summed E-state index contributed by atoms with van der Waals surface area (Å²) < 4.78 is 3.44. The lowest BCUT2D eigenvalue weighted by atomic mass is 10.1. The SMILES string of the molecule is CC(C)CCN(Cc1nc2cccnc2n1C1CCCC1)C(=O)c1ccc(I)cc1. The first-order valence-electron chi connectivity index (χ1n) is 10.9. The van der Waals surface area contributed by atoms with Gasteiger partial charge in [0.2, 0.25) is 0 Å². The molecule has 5 nitrogen and oxygen atoms in total. The van der Waals surface area contributed by atoms with Crippen molar-refractivity contribution in [3.63, 3.8) is 0 Å². The van der Waals surface area contributed by atoms with Gasteiger partial charge in [-0.05, 0) is 84.2 Å². The van der Waals surface area contributed by atoms with Crippen molar-refractivity contribution in [2.24, 2.45) is 5.92 Å². The summed E-state index contributed by atoms with van der Waals surface area (Å²) in [6.07, 6.45) is 7.62. The highest BCUT2D eigenvalue weighted by molar-refractivity contribution is 14.1. The number of hydrogen-bond donors (Lipinski definition) is 0. The summed E-state index contributed by atoms with van der Waals surface area (Å²) in [6.45, 7) is 5.64. The van der Waals surface area contributed by atoms with Crippen molar-refractivity contribution in [1.82, 2.24) is 19.4 Å². The van der Waals surface area contributed by atoms with E-state index in [1.807, 2.05) is 47.5 Å². The first-order valence-corrected chi connectivity index (χ1v) is 12.0. The molecule has 158 valence electrons. The van der Waals surface area contributed by atoms with E-state index in [0.29, 0.717) is 18.5 Å². The Labute approximate surface area is 192 Å². The van der Waals surface area contributed by atoms with E-state index >= 15 is 0 Å². The fraction of sp³-hybridized carbons (Fsp3) is 0.458. The average Bonchev–Trinajstić information content (AvgIpc) is 3.38. The Morgan fingerprint density at radius 1 is 1.20 bits per heavy atom. The maximum atomic E-state index is 13.4. The quantitative estimate of drug-likeness (QED) is 0.371. The van der Waals surface area contributed by atoms with Gasteiger partial charge < -0.3 is 9.47 Å². The Kier molecular flexibility index (Phi) is 6.71. The van der Waals surface area contributed by atoms with Crippen LogP contribution in [0.3, 0.4) is 0 Å². The lowest BCUT2D eigenvalue weighted by Crippen LogP contribution is -2.33. The minimum atomic E-state index is 0.0741. The summed E-state index contributed by atoms with van der Waals surface area (Å²) in [4.78, 5) is 24.9. The third-order valence-corrected chi connectivity index (χ3v) is 6.62. The molecule has 30 heavy (non-hydrogen) atoms. The number of rotatable bonds is 7. The third kappa shape index (κ3) is 4.68. The molecule has 0 saturated heterocycles. The zero-order valence-corrected chi connectivity index (χ0v) is 19.9. The van der Waals surface area contributed by atoms with Crippen molar-refractivity contribution in [2.45, 2.75) is 58.5 Å². The highest BCUT2D eigenvalue weighted by atomic mass is 127. The van der Waals surface area contributed by atoms with Crippen LogP contribution < -0.4 is 0 Å². The molecule has 1 saturated carbocycles. The molecule has 0 unspecified atom stereocenters. The van der Waals surface area contributed by atoms with Gasteiger partial charge in [0.1, 0.15) is 11.3 Å². The molecule has 4 rings (SSSR count). The Morgan fingerprint density at radius 3 is 2.63 bits per heavy atom. The summed E-state index contributed by atoms with van der Waals surface area (Å²) >= 11 is 2.27. The lowest BCUT2D eigenvalue weighted by molar-refractivity contribution is 0.0728. The van der Waals surface area contributed by atoms with E-state index in [4.69, 9.17) is 4.98 Å². The van der Waals surface area contributed by atoms with Crippen molar-refractivity contribution in [3.8, 4) is 0 Å². The second-order valence-electron chi connectivity index (χ2n) is 8.60. The molecule has 0 aliphatic heterocycles.